The summed E-state index contributed by atoms with van der Waals surface area (Å²) in [6.07, 6.45) is 4.42. The van der Waals surface area contributed by atoms with Crippen molar-refractivity contribution in [2.24, 2.45) is 4.99 Å². The number of nitrogens with one attached hydrogen (secondary N) is 2. The van der Waals surface area contributed by atoms with E-state index in [2.05, 4.69) is 31.6 Å². The van der Waals surface area contributed by atoms with Crippen molar-refractivity contribution >= 4 is 17.9 Å². The van der Waals surface area contributed by atoms with E-state index in [0.717, 1.165) is 50.7 Å². The highest BCUT2D eigenvalue weighted by molar-refractivity contribution is 5.80. The van der Waals surface area contributed by atoms with E-state index in [1.807, 2.05) is 46.0 Å². The van der Waals surface area contributed by atoms with Crippen molar-refractivity contribution in [2.45, 2.75) is 64.6 Å². The van der Waals surface area contributed by atoms with Crippen LogP contribution in [0, 0.1) is 0 Å². The summed E-state index contributed by atoms with van der Waals surface area (Å²) in [5.41, 5.74) is -0.485. The molecule has 8 heteroatoms. The molecule has 1 aliphatic rings. The fourth-order valence-electron chi connectivity index (χ4n) is 3.29. The Labute approximate surface area is 181 Å². The van der Waals surface area contributed by atoms with Crippen molar-refractivity contribution in [1.82, 2.24) is 20.5 Å². The smallest absolute Gasteiger partial charge is 0.410 e. The number of anilines is 1. The summed E-state index contributed by atoms with van der Waals surface area (Å²) in [5, 5.41) is 6.89. The van der Waals surface area contributed by atoms with Crippen LogP contribution in [-0.4, -0.2) is 73.4 Å². The van der Waals surface area contributed by atoms with Gasteiger partial charge in [-0.2, -0.15) is 0 Å². The number of rotatable bonds is 6. The molecule has 1 atom stereocenters. The fraction of sp³-hybridized carbons (Fsp3) is 0.682. The van der Waals surface area contributed by atoms with E-state index in [0.29, 0.717) is 6.04 Å². The van der Waals surface area contributed by atoms with Gasteiger partial charge in [0.15, 0.2) is 5.96 Å². The molecule has 1 aliphatic heterocycles. The van der Waals surface area contributed by atoms with Crippen LogP contribution in [0.5, 0.6) is 0 Å². The van der Waals surface area contributed by atoms with Crippen molar-refractivity contribution < 1.29 is 9.53 Å². The Balaban J connectivity index is 1.70. The van der Waals surface area contributed by atoms with Crippen LogP contribution in [0.25, 0.3) is 0 Å². The number of hydrogen-bond donors (Lipinski definition) is 2. The topological polar surface area (TPSA) is 82.1 Å². The summed E-state index contributed by atoms with van der Waals surface area (Å²) < 4.78 is 5.43. The Hall–Kier alpha value is -2.51. The summed E-state index contributed by atoms with van der Waals surface area (Å²) in [6.45, 7) is 10.3. The van der Waals surface area contributed by atoms with Crippen LogP contribution in [0.15, 0.2) is 29.4 Å². The lowest BCUT2D eigenvalue weighted by Crippen LogP contribution is -2.49. The van der Waals surface area contributed by atoms with Crippen LogP contribution in [0.4, 0.5) is 10.6 Å². The number of amides is 1. The van der Waals surface area contributed by atoms with Crippen molar-refractivity contribution in [1.29, 1.82) is 0 Å². The minimum absolute atomic E-state index is 0.0621. The maximum Gasteiger partial charge on any atom is 0.410 e. The molecular formula is C22H38N6O2. The molecule has 1 aromatic heterocycles. The number of ether oxygens (including phenoxy) is 1. The molecule has 0 saturated carbocycles. The first-order valence-corrected chi connectivity index (χ1v) is 10.8. The first-order chi connectivity index (χ1) is 14.2. The van der Waals surface area contributed by atoms with Gasteiger partial charge in [0.2, 0.25) is 0 Å². The van der Waals surface area contributed by atoms with Crippen LogP contribution in [0.1, 0.15) is 47.0 Å². The summed E-state index contributed by atoms with van der Waals surface area (Å²) in [6, 6.07) is 6.48. The minimum atomic E-state index is -0.485. The molecule has 2 rings (SSSR count). The van der Waals surface area contributed by atoms with E-state index in [-0.39, 0.29) is 12.1 Å². The number of hydrogen-bond acceptors (Lipinski definition) is 5. The number of aliphatic imine (C=N–C) groups is 1. The molecule has 1 fully saturated rings. The Bertz CT molecular complexity index is 681. The van der Waals surface area contributed by atoms with E-state index in [4.69, 9.17) is 4.74 Å². The summed E-state index contributed by atoms with van der Waals surface area (Å²) in [5.74, 6) is 1.85. The van der Waals surface area contributed by atoms with Gasteiger partial charge < -0.3 is 25.2 Å². The molecule has 0 bridgehead atoms. The summed E-state index contributed by atoms with van der Waals surface area (Å²) in [4.78, 5) is 24.9. The predicted octanol–water partition coefficient (Wildman–Crippen LogP) is 2.86. The Morgan fingerprint density at radius 1 is 1.37 bits per heavy atom. The molecule has 1 aromatic rings. The third-order valence-electron chi connectivity index (χ3n) is 5.23. The van der Waals surface area contributed by atoms with E-state index in [1.165, 1.54) is 0 Å². The fourth-order valence-corrected chi connectivity index (χ4v) is 3.29. The number of guanidine groups is 1. The summed E-state index contributed by atoms with van der Waals surface area (Å²) in [7, 11) is 3.57. The van der Waals surface area contributed by atoms with Crippen LogP contribution in [0.2, 0.25) is 0 Å². The lowest BCUT2D eigenvalue weighted by atomic mass is 10.1. The zero-order chi connectivity index (χ0) is 22.1. The number of nitrogens with zero attached hydrogens (tertiary/aromatic N) is 4. The molecule has 2 N–H and O–H groups in total. The average molecular weight is 419 g/mol. The molecule has 1 amide bonds. The third-order valence-corrected chi connectivity index (χ3v) is 5.23. The first kappa shape index (κ1) is 23.8. The molecule has 1 unspecified atom stereocenters. The Morgan fingerprint density at radius 3 is 2.63 bits per heavy atom. The molecule has 8 nitrogen and oxygen atoms in total. The van der Waals surface area contributed by atoms with Crippen LogP contribution in [-0.2, 0) is 4.74 Å². The van der Waals surface area contributed by atoms with Gasteiger partial charge in [-0.05, 0) is 59.1 Å². The van der Waals surface area contributed by atoms with Gasteiger partial charge in [0.25, 0.3) is 0 Å². The monoisotopic (exact) mass is 418 g/mol. The maximum absolute atomic E-state index is 12.2. The van der Waals surface area contributed by atoms with E-state index < -0.39 is 5.60 Å². The zero-order valence-electron chi connectivity index (χ0n) is 19.3. The van der Waals surface area contributed by atoms with Crippen molar-refractivity contribution in [3.8, 4) is 0 Å². The van der Waals surface area contributed by atoms with E-state index >= 15 is 0 Å². The number of pyridine rings is 1. The molecule has 0 spiro atoms. The standard InChI is InChI=1S/C22H38N6O2/c1-17(27(6)21(29)30-22(2,3)4)10-14-25-20(23-5)26-18-11-15-28(16-12-18)19-9-7-8-13-24-19/h7-9,13,17-18H,10-12,14-16H2,1-6H3,(H2,23,25,26). The predicted molar refractivity (Wildman–Crippen MR) is 122 cm³/mol. The van der Waals surface area contributed by atoms with Gasteiger partial charge in [0, 0.05) is 52.0 Å². The number of carbonyl (C=O) groups excluding carboxylic acids is 1. The quantitative estimate of drug-likeness (QED) is 0.546. The third kappa shape index (κ3) is 7.72. The van der Waals surface area contributed by atoms with Crippen molar-refractivity contribution in [3.05, 3.63) is 24.4 Å². The second-order valence-corrected chi connectivity index (χ2v) is 8.82. The Kier molecular flexibility index (Phi) is 8.74. The highest BCUT2D eigenvalue weighted by Gasteiger charge is 2.23. The minimum Gasteiger partial charge on any atom is -0.444 e. The Morgan fingerprint density at radius 2 is 2.07 bits per heavy atom. The van der Waals surface area contributed by atoms with E-state index in [9.17, 15) is 4.79 Å². The van der Waals surface area contributed by atoms with Crippen LogP contribution >= 0.6 is 0 Å². The normalized spacial score (nSPS) is 16.7. The summed E-state index contributed by atoms with van der Waals surface area (Å²) >= 11 is 0. The maximum atomic E-state index is 12.2. The van der Waals surface area contributed by atoms with Gasteiger partial charge in [-0.15, -0.1) is 0 Å². The first-order valence-electron chi connectivity index (χ1n) is 10.8. The van der Waals surface area contributed by atoms with Crippen LogP contribution < -0.4 is 15.5 Å². The molecule has 1 saturated heterocycles. The van der Waals surface area contributed by atoms with Gasteiger partial charge in [-0.3, -0.25) is 4.99 Å². The van der Waals surface area contributed by atoms with Crippen LogP contribution in [0.3, 0.4) is 0 Å². The largest absolute Gasteiger partial charge is 0.444 e. The average Bonchev–Trinajstić information content (AvgIpc) is 2.72. The molecule has 0 aliphatic carbocycles. The highest BCUT2D eigenvalue weighted by atomic mass is 16.6. The molecular weight excluding hydrogens is 380 g/mol. The lowest BCUT2D eigenvalue weighted by molar-refractivity contribution is 0.0230. The van der Waals surface area contributed by atoms with Crippen molar-refractivity contribution in [3.63, 3.8) is 0 Å². The van der Waals surface area contributed by atoms with E-state index in [1.54, 1.807) is 19.0 Å². The molecule has 30 heavy (non-hydrogen) atoms. The molecule has 0 radical (unpaired) electrons. The second kappa shape index (κ2) is 11.0. The van der Waals surface area contributed by atoms with Gasteiger partial charge in [0.1, 0.15) is 11.4 Å². The molecule has 168 valence electrons. The van der Waals surface area contributed by atoms with Gasteiger partial charge in [-0.25, -0.2) is 9.78 Å². The second-order valence-electron chi connectivity index (χ2n) is 8.82. The lowest BCUT2D eigenvalue weighted by Gasteiger charge is -2.34. The SMILES string of the molecule is CN=C(NCCC(C)N(C)C(=O)OC(C)(C)C)NC1CCN(c2ccccn2)CC1. The highest BCUT2D eigenvalue weighted by Crippen LogP contribution is 2.17. The van der Waals surface area contributed by atoms with Gasteiger partial charge in [-0.1, -0.05) is 6.07 Å². The number of piperidine rings is 1. The molecule has 0 aromatic carbocycles. The number of aromatic nitrogens is 1. The van der Waals surface area contributed by atoms with Gasteiger partial charge in [0.05, 0.1) is 0 Å². The number of carbonyl (C=O) groups is 1. The van der Waals surface area contributed by atoms with Crippen molar-refractivity contribution in [2.75, 3.05) is 38.6 Å². The molecule has 2 heterocycles. The zero-order valence-corrected chi connectivity index (χ0v) is 19.3. The van der Waals surface area contributed by atoms with Gasteiger partial charge >= 0.3 is 6.09 Å².